The molecule has 7 heteroatoms. The van der Waals surface area contributed by atoms with Crippen molar-refractivity contribution in [1.29, 1.82) is 0 Å². The van der Waals surface area contributed by atoms with E-state index in [-0.39, 0.29) is 17.2 Å². The maximum atomic E-state index is 10.6. The molecule has 2 heterocycles. The molecule has 0 spiro atoms. The van der Waals surface area contributed by atoms with Crippen molar-refractivity contribution >= 4 is 28.5 Å². The van der Waals surface area contributed by atoms with Crippen molar-refractivity contribution in [3.63, 3.8) is 0 Å². The number of nitrogens with two attached hydrogens (primary N) is 1. The van der Waals surface area contributed by atoms with Crippen molar-refractivity contribution in [3.8, 4) is 0 Å². The van der Waals surface area contributed by atoms with Crippen LogP contribution in [0.15, 0.2) is 12.9 Å². The van der Waals surface area contributed by atoms with Crippen LogP contribution in [0.3, 0.4) is 0 Å². The molecule has 2 rings (SSSR count). The van der Waals surface area contributed by atoms with E-state index < -0.39 is 5.97 Å². The molecule has 2 aromatic rings. The molecule has 0 bridgehead atoms. The van der Waals surface area contributed by atoms with Gasteiger partial charge in [0.1, 0.15) is 5.52 Å². The summed E-state index contributed by atoms with van der Waals surface area (Å²) in [5.74, 6) is -1.07. The number of aliphatic carboxylic acids is 1. The number of nitrogens with one attached hydrogen (secondary N) is 1. The average molecular weight is 205 g/mol. The largest absolute Gasteiger partial charge is 0.478 e. The van der Waals surface area contributed by atoms with Crippen molar-refractivity contribution in [3.05, 3.63) is 18.7 Å². The molecule has 7 nitrogen and oxygen atoms in total. The molecule has 0 unspecified atom stereocenters. The molecule has 0 aliphatic heterocycles. The molecule has 76 valence electrons. The zero-order valence-corrected chi connectivity index (χ0v) is 7.56. The molecule has 0 fully saturated rings. The second-order valence-corrected chi connectivity index (χ2v) is 2.82. The van der Waals surface area contributed by atoms with E-state index in [1.54, 1.807) is 0 Å². The Morgan fingerprint density at radius 3 is 2.93 bits per heavy atom. The monoisotopic (exact) mass is 205 g/mol. The molecule has 2 aromatic heterocycles. The third-order valence-electron chi connectivity index (χ3n) is 1.84. The van der Waals surface area contributed by atoms with Crippen LogP contribution in [-0.4, -0.2) is 31.0 Å². The fourth-order valence-electron chi connectivity index (χ4n) is 1.09. The highest BCUT2D eigenvalue weighted by Gasteiger charge is 2.14. The van der Waals surface area contributed by atoms with Gasteiger partial charge in [0, 0.05) is 0 Å². The first-order valence-corrected chi connectivity index (χ1v) is 3.98. The second-order valence-electron chi connectivity index (χ2n) is 2.82. The van der Waals surface area contributed by atoms with Crippen LogP contribution in [0.1, 0.15) is 5.82 Å². The highest BCUT2D eigenvalue weighted by molar-refractivity contribution is 6.13. The number of nitrogen functional groups attached to an aromatic ring is 1. The van der Waals surface area contributed by atoms with Crippen LogP contribution in [0.2, 0.25) is 0 Å². The van der Waals surface area contributed by atoms with Gasteiger partial charge in [-0.15, -0.1) is 0 Å². The molecule has 0 saturated carbocycles. The van der Waals surface area contributed by atoms with E-state index in [0.717, 1.165) is 0 Å². The van der Waals surface area contributed by atoms with Gasteiger partial charge in [0.25, 0.3) is 0 Å². The zero-order chi connectivity index (χ0) is 11.0. The summed E-state index contributed by atoms with van der Waals surface area (Å²) in [5.41, 5.74) is 6.17. The van der Waals surface area contributed by atoms with E-state index in [2.05, 4.69) is 26.5 Å². The van der Waals surface area contributed by atoms with Gasteiger partial charge in [0.05, 0.1) is 11.9 Å². The Kier molecular flexibility index (Phi) is 1.86. The van der Waals surface area contributed by atoms with Crippen LogP contribution in [-0.2, 0) is 4.79 Å². The minimum atomic E-state index is -1.19. The summed E-state index contributed by atoms with van der Waals surface area (Å²) in [4.78, 5) is 25.0. The van der Waals surface area contributed by atoms with Gasteiger partial charge in [-0.25, -0.2) is 19.7 Å². The number of hydrogen-bond donors (Lipinski definition) is 3. The Balaban J connectivity index is 2.63. The summed E-state index contributed by atoms with van der Waals surface area (Å²) in [5, 5.41) is 8.70. The predicted molar refractivity (Wildman–Crippen MR) is 52.8 cm³/mol. The lowest BCUT2D eigenvalue weighted by molar-refractivity contribution is -0.130. The van der Waals surface area contributed by atoms with Crippen molar-refractivity contribution in [2.24, 2.45) is 0 Å². The normalized spacial score (nSPS) is 10.4. The number of carboxylic acids is 1. The number of imidazole rings is 1. The van der Waals surface area contributed by atoms with E-state index in [9.17, 15) is 4.79 Å². The van der Waals surface area contributed by atoms with E-state index in [1.165, 1.54) is 6.33 Å². The number of fused-ring (bicyclic) bond motifs is 1. The summed E-state index contributed by atoms with van der Waals surface area (Å²) in [7, 11) is 0. The number of hydrogen-bond acceptors (Lipinski definition) is 5. The van der Waals surface area contributed by atoms with Crippen molar-refractivity contribution in [2.75, 3.05) is 5.73 Å². The molecule has 4 N–H and O–H groups in total. The Labute approximate surface area is 83.7 Å². The number of aromatic nitrogens is 4. The summed E-state index contributed by atoms with van der Waals surface area (Å²) in [6.07, 6.45) is 1.41. The van der Waals surface area contributed by atoms with Crippen LogP contribution in [0.4, 0.5) is 5.82 Å². The van der Waals surface area contributed by atoms with Crippen LogP contribution >= 0.6 is 0 Å². The van der Waals surface area contributed by atoms with Crippen molar-refractivity contribution < 1.29 is 9.90 Å². The Morgan fingerprint density at radius 2 is 2.27 bits per heavy atom. The lowest BCUT2D eigenvalue weighted by Crippen LogP contribution is -2.05. The number of carbonyl (C=O) groups is 1. The second kappa shape index (κ2) is 3.05. The topological polar surface area (TPSA) is 118 Å². The van der Waals surface area contributed by atoms with Crippen LogP contribution in [0.5, 0.6) is 0 Å². The zero-order valence-electron chi connectivity index (χ0n) is 7.56. The molecule has 0 atom stereocenters. The van der Waals surface area contributed by atoms with E-state index in [1.807, 2.05) is 0 Å². The lowest BCUT2D eigenvalue weighted by atomic mass is 10.3. The summed E-state index contributed by atoms with van der Waals surface area (Å²) in [6.45, 7) is 3.34. The summed E-state index contributed by atoms with van der Waals surface area (Å²) >= 11 is 0. The van der Waals surface area contributed by atoms with E-state index >= 15 is 0 Å². The number of anilines is 1. The Morgan fingerprint density at radius 1 is 1.53 bits per heavy atom. The molecule has 0 aromatic carbocycles. The highest BCUT2D eigenvalue weighted by atomic mass is 16.4. The minimum Gasteiger partial charge on any atom is -0.478 e. The van der Waals surface area contributed by atoms with Gasteiger partial charge in [-0.1, -0.05) is 6.58 Å². The first-order valence-electron chi connectivity index (χ1n) is 3.98. The fraction of sp³-hybridized carbons (Fsp3) is 0. The molecular formula is C8H7N5O2. The lowest BCUT2D eigenvalue weighted by Gasteiger charge is -2.00. The molecule has 0 saturated heterocycles. The van der Waals surface area contributed by atoms with Gasteiger partial charge in [-0.3, -0.25) is 0 Å². The van der Waals surface area contributed by atoms with Gasteiger partial charge < -0.3 is 15.8 Å². The maximum Gasteiger partial charge on any atom is 0.338 e. The Bertz CT molecular complexity index is 559. The van der Waals surface area contributed by atoms with Crippen molar-refractivity contribution in [1.82, 2.24) is 19.9 Å². The van der Waals surface area contributed by atoms with Gasteiger partial charge >= 0.3 is 5.97 Å². The number of carboxylic acid groups (broad SMARTS) is 1. The average Bonchev–Trinajstić information content (AvgIpc) is 2.64. The minimum absolute atomic E-state index is 0.0281. The molecular weight excluding hydrogens is 198 g/mol. The SMILES string of the molecule is C=C(C(=O)O)c1nc(N)c2[nH]cnc2n1. The number of rotatable bonds is 2. The number of nitrogens with zero attached hydrogens (tertiary/aromatic N) is 3. The number of H-pyrrole nitrogens is 1. The highest BCUT2D eigenvalue weighted by Crippen LogP contribution is 2.16. The third-order valence-corrected chi connectivity index (χ3v) is 1.84. The maximum absolute atomic E-state index is 10.6. The first-order chi connectivity index (χ1) is 7.09. The fourth-order valence-corrected chi connectivity index (χ4v) is 1.09. The van der Waals surface area contributed by atoms with Crippen LogP contribution < -0.4 is 5.73 Å². The molecule has 0 amide bonds. The van der Waals surface area contributed by atoms with Crippen molar-refractivity contribution in [2.45, 2.75) is 0 Å². The van der Waals surface area contributed by atoms with Crippen LogP contribution in [0, 0.1) is 0 Å². The van der Waals surface area contributed by atoms with Crippen LogP contribution in [0.25, 0.3) is 16.7 Å². The smallest absolute Gasteiger partial charge is 0.338 e. The Hall–Kier alpha value is -2.44. The van der Waals surface area contributed by atoms with Gasteiger partial charge in [0.2, 0.25) is 0 Å². The van der Waals surface area contributed by atoms with E-state index in [4.69, 9.17) is 10.8 Å². The van der Waals surface area contributed by atoms with Gasteiger partial charge in [-0.05, 0) is 0 Å². The predicted octanol–water partition coefficient (Wildman–Crippen LogP) is 0.0329. The molecule has 0 aliphatic rings. The summed E-state index contributed by atoms with van der Waals surface area (Å²) < 4.78 is 0. The summed E-state index contributed by atoms with van der Waals surface area (Å²) in [6, 6.07) is 0. The van der Waals surface area contributed by atoms with E-state index in [0.29, 0.717) is 11.2 Å². The molecule has 0 radical (unpaired) electrons. The molecule has 15 heavy (non-hydrogen) atoms. The molecule has 0 aliphatic carbocycles. The first kappa shape index (κ1) is 9.13. The standard InChI is InChI=1S/C8H7N5O2/c1-3(8(14)15)6-12-5(9)4-7(13-6)11-2-10-4/h2H,1H2,(H,14,15)(H3,9,10,11,12,13). The van der Waals surface area contributed by atoms with Gasteiger partial charge in [0.15, 0.2) is 17.3 Å². The van der Waals surface area contributed by atoms with Gasteiger partial charge in [-0.2, -0.15) is 0 Å². The quantitative estimate of drug-likeness (QED) is 0.595. The third kappa shape index (κ3) is 1.39. The number of aromatic amines is 1.